The summed E-state index contributed by atoms with van der Waals surface area (Å²) in [5, 5.41) is 13.5. The van der Waals surface area contributed by atoms with Crippen molar-refractivity contribution >= 4 is 27.3 Å². The van der Waals surface area contributed by atoms with Gasteiger partial charge in [-0.25, -0.2) is 8.42 Å². The van der Waals surface area contributed by atoms with Crippen molar-refractivity contribution in [3.05, 3.63) is 28.3 Å². The van der Waals surface area contributed by atoms with E-state index in [4.69, 9.17) is 4.74 Å². The predicted molar refractivity (Wildman–Crippen MR) is 85.1 cm³/mol. The number of hydrogen-bond acceptors (Lipinski definition) is 6. The molecule has 0 radical (unpaired) electrons. The third-order valence-corrected chi connectivity index (χ3v) is 4.03. The van der Waals surface area contributed by atoms with Crippen molar-refractivity contribution in [1.82, 2.24) is 5.32 Å². The van der Waals surface area contributed by atoms with E-state index in [1.807, 2.05) is 6.92 Å². The average Bonchev–Trinajstić information content (AvgIpc) is 2.48. The minimum Gasteiger partial charge on any atom is -0.495 e. The number of non-ortho nitro benzene ring substituents is 1. The number of ether oxygens (including phenoxy) is 1. The lowest BCUT2D eigenvalue weighted by molar-refractivity contribution is -0.384. The molecule has 0 aliphatic rings. The van der Waals surface area contributed by atoms with Crippen molar-refractivity contribution in [3.8, 4) is 5.75 Å². The van der Waals surface area contributed by atoms with Gasteiger partial charge in [-0.05, 0) is 12.5 Å². The number of anilines is 1. The molecule has 0 aromatic heterocycles. The quantitative estimate of drug-likeness (QED) is 0.552. The Kier molecular flexibility index (Phi) is 6.31. The molecule has 0 heterocycles. The number of hydrogen-bond donors (Lipinski definition) is 1. The van der Waals surface area contributed by atoms with Gasteiger partial charge in [0.2, 0.25) is 15.9 Å². The first kappa shape index (κ1) is 18.7. The lowest BCUT2D eigenvalue weighted by Gasteiger charge is -2.23. The highest BCUT2D eigenvalue weighted by Crippen LogP contribution is 2.33. The summed E-state index contributed by atoms with van der Waals surface area (Å²) in [6.07, 6.45) is 1.61. The van der Waals surface area contributed by atoms with E-state index in [-0.39, 0.29) is 17.1 Å². The average molecular weight is 345 g/mol. The SMILES string of the molecule is CCCNC(=O)CN(c1cc([N+](=O)[O-])ccc1OC)S(C)(=O)=O. The van der Waals surface area contributed by atoms with E-state index >= 15 is 0 Å². The first-order chi connectivity index (χ1) is 10.7. The summed E-state index contributed by atoms with van der Waals surface area (Å²) in [6.45, 7) is 1.77. The van der Waals surface area contributed by atoms with Gasteiger partial charge in [-0.1, -0.05) is 6.92 Å². The number of nitro groups is 1. The third-order valence-electron chi connectivity index (χ3n) is 2.90. The van der Waals surface area contributed by atoms with Crippen molar-refractivity contribution in [2.75, 3.05) is 30.8 Å². The van der Waals surface area contributed by atoms with Gasteiger partial charge in [0, 0.05) is 18.7 Å². The Bertz CT molecular complexity index is 689. The molecule has 1 aromatic carbocycles. The number of carbonyl (C=O) groups excluding carboxylic acids is 1. The summed E-state index contributed by atoms with van der Waals surface area (Å²) < 4.78 is 29.9. The summed E-state index contributed by atoms with van der Waals surface area (Å²) in [7, 11) is -2.54. The van der Waals surface area contributed by atoms with E-state index < -0.39 is 27.4 Å². The number of rotatable bonds is 8. The maximum Gasteiger partial charge on any atom is 0.271 e. The topological polar surface area (TPSA) is 119 Å². The van der Waals surface area contributed by atoms with Gasteiger partial charge >= 0.3 is 0 Å². The van der Waals surface area contributed by atoms with E-state index in [0.29, 0.717) is 13.0 Å². The largest absolute Gasteiger partial charge is 0.495 e. The number of nitro benzene ring substituents is 1. The van der Waals surface area contributed by atoms with Crippen LogP contribution in [0.25, 0.3) is 0 Å². The molecule has 10 heteroatoms. The molecule has 0 atom stereocenters. The Labute approximate surface area is 134 Å². The second-order valence-corrected chi connectivity index (χ2v) is 6.64. The number of amides is 1. The zero-order valence-electron chi connectivity index (χ0n) is 13.1. The van der Waals surface area contributed by atoms with Gasteiger partial charge in [0.15, 0.2) is 0 Å². The molecule has 128 valence electrons. The maximum atomic E-state index is 12.0. The van der Waals surface area contributed by atoms with Crippen LogP contribution in [0.1, 0.15) is 13.3 Å². The summed E-state index contributed by atoms with van der Waals surface area (Å²) >= 11 is 0. The smallest absolute Gasteiger partial charge is 0.271 e. The van der Waals surface area contributed by atoms with Crippen LogP contribution in [0.5, 0.6) is 5.75 Å². The molecule has 9 nitrogen and oxygen atoms in total. The van der Waals surface area contributed by atoms with Crippen molar-refractivity contribution in [3.63, 3.8) is 0 Å². The van der Waals surface area contributed by atoms with Crippen LogP contribution in [0.4, 0.5) is 11.4 Å². The molecule has 0 saturated heterocycles. The first-order valence-corrected chi connectivity index (χ1v) is 8.62. The summed E-state index contributed by atoms with van der Waals surface area (Å²) in [4.78, 5) is 22.1. The van der Waals surface area contributed by atoms with Crippen LogP contribution in [0.3, 0.4) is 0 Å². The van der Waals surface area contributed by atoms with E-state index in [0.717, 1.165) is 16.6 Å². The second-order valence-electron chi connectivity index (χ2n) is 4.73. The molecule has 0 unspecified atom stereocenters. The molecule has 0 bridgehead atoms. The molecule has 0 spiro atoms. The normalized spacial score (nSPS) is 10.9. The van der Waals surface area contributed by atoms with Gasteiger partial charge < -0.3 is 10.1 Å². The second kappa shape index (κ2) is 7.77. The maximum absolute atomic E-state index is 12.0. The fourth-order valence-electron chi connectivity index (χ4n) is 1.82. The zero-order valence-corrected chi connectivity index (χ0v) is 13.9. The van der Waals surface area contributed by atoms with Gasteiger partial charge in [-0.3, -0.25) is 19.2 Å². The van der Waals surface area contributed by atoms with Crippen LogP contribution >= 0.6 is 0 Å². The van der Waals surface area contributed by atoms with Crippen LogP contribution < -0.4 is 14.4 Å². The van der Waals surface area contributed by atoms with Gasteiger partial charge in [0.25, 0.3) is 5.69 Å². The van der Waals surface area contributed by atoms with Gasteiger partial charge in [0.1, 0.15) is 18.0 Å². The number of benzene rings is 1. The lowest BCUT2D eigenvalue weighted by Crippen LogP contribution is -2.40. The van der Waals surface area contributed by atoms with Gasteiger partial charge in [-0.15, -0.1) is 0 Å². The number of nitrogens with zero attached hydrogens (tertiary/aromatic N) is 2. The fourth-order valence-corrected chi connectivity index (χ4v) is 2.67. The molecule has 0 aliphatic heterocycles. The summed E-state index contributed by atoms with van der Waals surface area (Å²) in [6, 6.07) is 3.54. The Hall–Kier alpha value is -2.36. The van der Waals surface area contributed by atoms with Gasteiger partial charge in [-0.2, -0.15) is 0 Å². The van der Waals surface area contributed by atoms with Gasteiger partial charge in [0.05, 0.1) is 18.3 Å². The minimum atomic E-state index is -3.84. The van der Waals surface area contributed by atoms with E-state index in [1.165, 1.54) is 19.2 Å². The Morgan fingerprint density at radius 1 is 1.43 bits per heavy atom. The highest BCUT2D eigenvalue weighted by Gasteiger charge is 2.26. The monoisotopic (exact) mass is 345 g/mol. The molecule has 0 aliphatic carbocycles. The molecule has 0 saturated carbocycles. The Morgan fingerprint density at radius 3 is 2.57 bits per heavy atom. The van der Waals surface area contributed by atoms with Crippen LogP contribution in [0, 0.1) is 10.1 Å². The van der Waals surface area contributed by atoms with Crippen LogP contribution in [0.15, 0.2) is 18.2 Å². The first-order valence-electron chi connectivity index (χ1n) is 6.77. The van der Waals surface area contributed by atoms with Crippen LogP contribution in [-0.4, -0.2) is 45.7 Å². The van der Waals surface area contributed by atoms with E-state index in [2.05, 4.69) is 5.32 Å². The van der Waals surface area contributed by atoms with E-state index in [9.17, 15) is 23.3 Å². The van der Waals surface area contributed by atoms with Crippen molar-refractivity contribution in [2.24, 2.45) is 0 Å². The fraction of sp³-hybridized carbons (Fsp3) is 0.462. The standard InChI is InChI=1S/C13H19N3O6S/c1-4-7-14-13(17)9-15(23(3,20)21)11-8-10(16(18)19)5-6-12(11)22-2/h5-6,8H,4,7,9H2,1-3H3,(H,14,17). The van der Waals surface area contributed by atoms with E-state index in [1.54, 1.807) is 0 Å². The molecule has 1 N–H and O–H groups in total. The number of sulfonamides is 1. The minimum absolute atomic E-state index is 0.0594. The number of methoxy groups -OCH3 is 1. The molecule has 23 heavy (non-hydrogen) atoms. The molecule has 0 fully saturated rings. The highest BCUT2D eigenvalue weighted by molar-refractivity contribution is 7.92. The molecule has 1 amide bonds. The predicted octanol–water partition coefficient (Wildman–Crippen LogP) is 0.896. The molecule has 1 rings (SSSR count). The third kappa shape index (κ3) is 5.09. The van der Waals surface area contributed by atoms with Crippen molar-refractivity contribution < 1.29 is 22.9 Å². The van der Waals surface area contributed by atoms with Crippen LogP contribution in [-0.2, 0) is 14.8 Å². The number of nitrogens with one attached hydrogen (secondary N) is 1. The summed E-state index contributed by atoms with van der Waals surface area (Å²) in [5.41, 5.74) is -0.362. The molecular formula is C13H19N3O6S. The Balaban J connectivity index is 3.29. The lowest BCUT2D eigenvalue weighted by atomic mass is 10.2. The van der Waals surface area contributed by atoms with Crippen molar-refractivity contribution in [1.29, 1.82) is 0 Å². The zero-order chi connectivity index (χ0) is 17.6. The summed E-state index contributed by atoms with van der Waals surface area (Å²) in [5.74, 6) is -0.393. The highest BCUT2D eigenvalue weighted by atomic mass is 32.2. The van der Waals surface area contributed by atoms with Crippen molar-refractivity contribution in [2.45, 2.75) is 13.3 Å². The van der Waals surface area contributed by atoms with Crippen LogP contribution in [0.2, 0.25) is 0 Å². The molecule has 1 aromatic rings. The number of carbonyl (C=O) groups is 1. The Morgan fingerprint density at radius 2 is 2.09 bits per heavy atom. The molecular weight excluding hydrogens is 326 g/mol.